The molecule has 3 fully saturated rings. The van der Waals surface area contributed by atoms with E-state index in [0.29, 0.717) is 63.9 Å². The minimum absolute atomic E-state index is 0.0385. The molecule has 5 bridgehead atoms. The zero-order chi connectivity index (χ0) is 53.4. The molecule has 5 N–H and O–H groups in total. The molecule has 9 rings (SSSR count). The van der Waals surface area contributed by atoms with Crippen LogP contribution in [0.1, 0.15) is 103 Å². The third-order valence-corrected chi connectivity index (χ3v) is 16.6. The number of benzene rings is 2. The van der Waals surface area contributed by atoms with Gasteiger partial charge in [0, 0.05) is 126 Å². The number of aliphatic hydroxyl groups excluding tert-OH is 2. The van der Waals surface area contributed by atoms with E-state index >= 15 is 0 Å². The van der Waals surface area contributed by atoms with Crippen LogP contribution in [0.5, 0.6) is 17.2 Å². The van der Waals surface area contributed by atoms with Crippen LogP contribution in [-0.2, 0) is 23.7 Å². The minimum atomic E-state index is -1.98. The van der Waals surface area contributed by atoms with Gasteiger partial charge >= 0.3 is 11.9 Å². The van der Waals surface area contributed by atoms with Crippen molar-refractivity contribution in [1.29, 1.82) is 0 Å². The van der Waals surface area contributed by atoms with Crippen LogP contribution in [0, 0.1) is 42.4 Å². The van der Waals surface area contributed by atoms with Gasteiger partial charge < -0.3 is 59.2 Å². The second-order valence-corrected chi connectivity index (χ2v) is 22.4. The normalized spacial score (nSPS) is 32.1. The number of phenolic OH excluding ortho intramolecular Hbond substituents is 2. The highest BCUT2D eigenvalue weighted by atomic mass is 16.7. The highest BCUT2D eigenvalue weighted by molar-refractivity contribution is 6.19. The molecule has 74 heavy (non-hydrogen) atoms. The second kappa shape index (κ2) is 22.6. The van der Waals surface area contributed by atoms with Crippen molar-refractivity contribution < 1.29 is 58.5 Å². The first kappa shape index (κ1) is 55.1. The Morgan fingerprint density at radius 1 is 0.878 bits per heavy atom. The fourth-order valence-electron chi connectivity index (χ4n) is 11.8. The number of hydrogen-bond acceptors (Lipinski definition) is 16. The van der Waals surface area contributed by atoms with Crippen LogP contribution in [0.3, 0.4) is 0 Å². The Kier molecular flexibility index (Phi) is 16.9. The van der Waals surface area contributed by atoms with Crippen molar-refractivity contribution in [3.8, 4) is 17.2 Å². The molecule has 2 aromatic rings. The van der Waals surface area contributed by atoms with Gasteiger partial charge in [0.25, 0.3) is 11.7 Å². The first-order valence-corrected chi connectivity index (χ1v) is 26.8. The summed E-state index contributed by atoms with van der Waals surface area (Å²) in [4.78, 5) is 60.1. The smallest absolute Gasteiger partial charge is 0.410 e. The Bertz CT molecular complexity index is 2650. The summed E-state index contributed by atoms with van der Waals surface area (Å²) in [5, 5.41) is 51.3. The average Bonchev–Trinajstić information content (AvgIpc) is 3.89. The number of likely N-dealkylation sites (tertiary alicyclic amines) is 1. The molecular weight excluding hydrogens is 949 g/mol. The average molecular weight is 1030 g/mol. The van der Waals surface area contributed by atoms with Crippen molar-refractivity contribution in [2.75, 3.05) is 78.0 Å². The molecule has 2 amide bonds. The molecule has 0 unspecified atom stereocenters. The molecule has 3 saturated heterocycles. The lowest BCUT2D eigenvalue weighted by Crippen LogP contribution is -2.52. The van der Waals surface area contributed by atoms with Crippen LogP contribution >= 0.6 is 0 Å². The van der Waals surface area contributed by atoms with Gasteiger partial charge in [0.05, 0.1) is 40.9 Å². The van der Waals surface area contributed by atoms with E-state index in [1.165, 1.54) is 20.3 Å². The number of aliphatic hydroxyl groups is 2. The summed E-state index contributed by atoms with van der Waals surface area (Å²) < 4.78 is 30.6. The van der Waals surface area contributed by atoms with Crippen molar-refractivity contribution in [3.05, 3.63) is 58.0 Å². The van der Waals surface area contributed by atoms with Crippen LogP contribution in [0.4, 0.5) is 10.5 Å². The fourth-order valence-corrected chi connectivity index (χ4v) is 11.8. The van der Waals surface area contributed by atoms with Gasteiger partial charge in [-0.15, -0.1) is 0 Å². The van der Waals surface area contributed by atoms with E-state index in [1.807, 2.05) is 13.8 Å². The molecule has 9 atom stereocenters. The van der Waals surface area contributed by atoms with E-state index < -0.39 is 83.1 Å². The Hall–Kier alpha value is -5.11. The third-order valence-electron chi connectivity index (χ3n) is 16.6. The van der Waals surface area contributed by atoms with Crippen molar-refractivity contribution in [2.24, 2.45) is 45.5 Å². The van der Waals surface area contributed by atoms with Gasteiger partial charge in [0.2, 0.25) is 0 Å². The number of aromatic hydroxyl groups is 2. The molecule has 18 heteroatoms. The van der Waals surface area contributed by atoms with Gasteiger partial charge in [0.15, 0.2) is 11.4 Å². The summed E-state index contributed by atoms with van der Waals surface area (Å²) in [7, 11) is 1.50. The molecule has 7 heterocycles. The maximum Gasteiger partial charge on any atom is 0.410 e. The number of ketones is 1. The monoisotopic (exact) mass is 1030 g/mol. The van der Waals surface area contributed by atoms with Gasteiger partial charge in [-0.05, 0) is 57.6 Å². The van der Waals surface area contributed by atoms with Crippen LogP contribution in [0.15, 0.2) is 46.1 Å². The SMILES string of the molecule is CO[C@H]1/C=C/O[C@@]2(C)Oc3c(C)c(O)c4c(O)c(c5c(c4c3C2=O)=NC2(CCN(CC(C)C)CC2)N=5)NC(=O)/C(C)=C\C=C\[C@H](C)[C@H](O)[C@@H](C)[C@@H](O)[C@@H](C)[C@H](OC(=O)N2CCN(CCC3CCOCC3)CC2)[C@@H]1C. The zero-order valence-electron chi connectivity index (χ0n) is 45.1. The molecule has 7 aliphatic heterocycles. The number of piperazine rings is 1. The lowest BCUT2D eigenvalue weighted by atomic mass is 9.78. The van der Waals surface area contributed by atoms with E-state index in [1.54, 1.807) is 56.9 Å². The largest absolute Gasteiger partial charge is 0.507 e. The number of hydrogen-bond donors (Lipinski definition) is 5. The number of rotatable bonds is 7. The summed E-state index contributed by atoms with van der Waals surface area (Å²) >= 11 is 0. The Morgan fingerprint density at radius 2 is 1.55 bits per heavy atom. The van der Waals surface area contributed by atoms with Crippen LogP contribution in [0.25, 0.3) is 10.8 Å². The molecule has 18 nitrogen and oxygen atoms in total. The molecule has 7 aliphatic rings. The van der Waals surface area contributed by atoms with Crippen molar-refractivity contribution in [3.63, 3.8) is 0 Å². The number of Topliss-reactive ketones (excluding diaryl/α,β-unsaturated/α-hetero) is 1. The van der Waals surface area contributed by atoms with Gasteiger partial charge in [-0.2, -0.15) is 0 Å². The Labute approximate surface area is 435 Å². The third kappa shape index (κ3) is 11.1. The van der Waals surface area contributed by atoms with Gasteiger partial charge in [-0.3, -0.25) is 24.5 Å². The number of allylic oxidation sites excluding steroid dienone is 2. The van der Waals surface area contributed by atoms with Crippen molar-refractivity contribution in [1.82, 2.24) is 14.7 Å². The van der Waals surface area contributed by atoms with E-state index in [2.05, 4.69) is 29.0 Å². The highest BCUT2D eigenvalue weighted by Gasteiger charge is 2.50. The molecule has 0 aliphatic carbocycles. The molecule has 2 aromatic carbocycles. The van der Waals surface area contributed by atoms with E-state index in [9.17, 15) is 34.8 Å². The van der Waals surface area contributed by atoms with E-state index in [0.717, 1.165) is 45.6 Å². The summed E-state index contributed by atoms with van der Waals surface area (Å²) in [6.45, 7) is 23.4. The Morgan fingerprint density at radius 3 is 2.22 bits per heavy atom. The van der Waals surface area contributed by atoms with Crippen molar-refractivity contribution in [2.45, 2.75) is 130 Å². The molecule has 0 radical (unpaired) electrons. The maximum atomic E-state index is 15.0. The Balaban J connectivity index is 1.15. The predicted molar refractivity (Wildman–Crippen MR) is 279 cm³/mol. The number of phenols is 2. The fraction of sp³-hybridized carbons (Fsp3) is 0.661. The molecule has 0 aromatic heterocycles. The number of nitrogens with zero attached hydrogens (tertiary/aromatic N) is 5. The van der Waals surface area contributed by atoms with Crippen LogP contribution in [-0.4, -0.2) is 161 Å². The number of carbonyl (C=O) groups excluding carboxylic acids is 3. The topological polar surface area (TPSA) is 225 Å². The quantitative estimate of drug-likeness (QED) is 0.208. The molecular formula is C56H80N6O12. The van der Waals surface area contributed by atoms with Crippen molar-refractivity contribution >= 4 is 34.2 Å². The van der Waals surface area contributed by atoms with Crippen LogP contribution in [0.2, 0.25) is 0 Å². The minimum Gasteiger partial charge on any atom is -0.507 e. The van der Waals surface area contributed by atoms with Gasteiger partial charge in [-0.1, -0.05) is 59.8 Å². The predicted octanol–water partition coefficient (Wildman–Crippen LogP) is 5.76. The molecule has 1 spiro atoms. The number of amides is 2. The standard InChI is InChI=1S/C56H80N6O12/c1-31(2)30-61-21-18-56(19-22-61)58-43-40-41-48(65)37(8)51-42(40)52(67)55(9,74-51)72-29-17-39(70-10)34(5)50(73-54(69)62-25-23-60(24-26-62)20-14-38-15-27-71-28-16-38)36(7)47(64)35(6)46(63)32(3)12-11-13-33(4)53(68)57-45(49(41)66)44(43)59-56/h11-13,17,29,31-32,34-36,38-39,46-47,50,63-66H,14-16,18-28,30H2,1-10H3,(H,57,68)/b12-11+,29-17+,33-13-/t32-,34+,35+,36+,39-,46-,47+,50+,55-/m0/s1. The number of methoxy groups -OCH3 is 1. The zero-order valence-corrected chi connectivity index (χ0v) is 45.1. The lowest BCUT2D eigenvalue weighted by molar-refractivity contribution is -0.112. The highest BCUT2D eigenvalue weighted by Crippen LogP contribution is 2.50. The number of piperidine rings is 1. The van der Waals surface area contributed by atoms with Gasteiger partial charge in [-0.25, -0.2) is 4.79 Å². The summed E-state index contributed by atoms with van der Waals surface area (Å²) in [5.41, 5.74) is -0.578. The van der Waals surface area contributed by atoms with E-state index in [-0.39, 0.29) is 55.4 Å². The first-order chi connectivity index (χ1) is 35.2. The van der Waals surface area contributed by atoms with Gasteiger partial charge in [0.1, 0.15) is 28.6 Å². The number of fused-ring (bicyclic) bond motifs is 13. The van der Waals surface area contributed by atoms with E-state index in [4.69, 9.17) is 33.7 Å². The summed E-state index contributed by atoms with van der Waals surface area (Å²) in [6.07, 6.45) is 7.74. The summed E-state index contributed by atoms with van der Waals surface area (Å²) in [5.74, 6) is -5.40. The second-order valence-electron chi connectivity index (χ2n) is 22.4. The maximum absolute atomic E-state index is 15.0. The molecule has 406 valence electrons. The number of nitrogens with one attached hydrogen (secondary N) is 1. The first-order valence-electron chi connectivity index (χ1n) is 26.8. The lowest BCUT2D eigenvalue weighted by Gasteiger charge is -2.40. The number of ether oxygens (including phenoxy) is 5. The number of anilines is 1. The number of carbonyl (C=O) groups is 3. The molecule has 0 saturated carbocycles. The van der Waals surface area contributed by atoms with Crippen LogP contribution < -0.4 is 20.8 Å². The summed E-state index contributed by atoms with van der Waals surface area (Å²) in [6, 6.07) is 0.